The van der Waals surface area contributed by atoms with Crippen molar-refractivity contribution in [1.82, 2.24) is 13.5 Å². The number of ether oxygens (including phenoxy) is 1. The van der Waals surface area contributed by atoms with E-state index in [1.165, 1.54) is 8.61 Å². The fourth-order valence-electron chi connectivity index (χ4n) is 2.81. The molecule has 138 valence electrons. The van der Waals surface area contributed by atoms with Gasteiger partial charge in [-0.3, -0.25) is 0 Å². The van der Waals surface area contributed by atoms with Crippen molar-refractivity contribution in [3.05, 3.63) is 23.7 Å². The minimum Gasteiger partial charge on any atom is -0.465 e. The second-order valence-electron chi connectivity index (χ2n) is 6.73. The number of furan rings is 1. The van der Waals surface area contributed by atoms with Crippen molar-refractivity contribution in [3.8, 4) is 0 Å². The Kier molecular flexibility index (Phi) is 6.44. The lowest BCUT2D eigenvalue weighted by atomic mass is 10.3. The minimum absolute atomic E-state index is 0.106. The molecule has 1 aliphatic rings. The number of nitrogens with zero attached hydrogens (tertiary/aromatic N) is 3. The van der Waals surface area contributed by atoms with Crippen molar-refractivity contribution in [3.63, 3.8) is 0 Å². The summed E-state index contributed by atoms with van der Waals surface area (Å²) >= 11 is 0. The molecule has 0 N–H and O–H groups in total. The summed E-state index contributed by atoms with van der Waals surface area (Å²) in [5.41, 5.74) is 0. The van der Waals surface area contributed by atoms with Gasteiger partial charge in [0.1, 0.15) is 11.5 Å². The van der Waals surface area contributed by atoms with E-state index in [4.69, 9.17) is 9.15 Å². The Morgan fingerprint density at radius 1 is 1.17 bits per heavy atom. The fourth-order valence-corrected chi connectivity index (χ4v) is 4.54. The van der Waals surface area contributed by atoms with Crippen molar-refractivity contribution in [2.75, 3.05) is 40.3 Å². The molecule has 1 aromatic rings. The van der Waals surface area contributed by atoms with E-state index in [1.54, 1.807) is 0 Å². The van der Waals surface area contributed by atoms with E-state index in [1.807, 2.05) is 51.9 Å². The highest BCUT2D eigenvalue weighted by Crippen LogP contribution is 2.20. The van der Waals surface area contributed by atoms with E-state index in [0.29, 0.717) is 31.9 Å². The van der Waals surface area contributed by atoms with E-state index < -0.39 is 10.2 Å². The average Bonchev–Trinajstić information content (AvgIpc) is 2.87. The van der Waals surface area contributed by atoms with Gasteiger partial charge in [0.05, 0.1) is 18.8 Å². The van der Waals surface area contributed by atoms with E-state index in [0.717, 1.165) is 5.76 Å². The van der Waals surface area contributed by atoms with E-state index in [2.05, 4.69) is 0 Å². The van der Waals surface area contributed by atoms with Crippen molar-refractivity contribution in [2.45, 2.75) is 39.5 Å². The highest BCUT2D eigenvalue weighted by Gasteiger charge is 2.35. The monoisotopic (exact) mass is 359 g/mol. The molecule has 1 fully saturated rings. The van der Waals surface area contributed by atoms with Crippen LogP contribution in [0.2, 0.25) is 0 Å². The molecular formula is C16H29N3O4S. The van der Waals surface area contributed by atoms with Crippen LogP contribution in [0.1, 0.15) is 25.4 Å². The molecule has 0 amide bonds. The first-order valence-corrected chi connectivity index (χ1v) is 9.69. The van der Waals surface area contributed by atoms with Crippen LogP contribution in [0.5, 0.6) is 0 Å². The predicted octanol–water partition coefficient (Wildman–Crippen LogP) is 1.31. The number of morpholine rings is 1. The zero-order chi connectivity index (χ0) is 17.9. The van der Waals surface area contributed by atoms with Gasteiger partial charge in [0.2, 0.25) is 0 Å². The van der Waals surface area contributed by atoms with Gasteiger partial charge >= 0.3 is 0 Å². The van der Waals surface area contributed by atoms with Gasteiger partial charge in [0, 0.05) is 26.2 Å². The van der Waals surface area contributed by atoms with E-state index >= 15 is 0 Å². The molecule has 7 nitrogen and oxygen atoms in total. The Morgan fingerprint density at radius 3 is 2.29 bits per heavy atom. The summed E-state index contributed by atoms with van der Waals surface area (Å²) in [7, 11) is 0.288. The lowest BCUT2D eigenvalue weighted by Crippen LogP contribution is -2.53. The molecule has 0 saturated carbocycles. The molecule has 2 unspecified atom stereocenters. The van der Waals surface area contributed by atoms with Gasteiger partial charge < -0.3 is 14.1 Å². The molecule has 8 heteroatoms. The quantitative estimate of drug-likeness (QED) is 0.734. The van der Waals surface area contributed by atoms with Crippen LogP contribution in [0, 0.1) is 6.92 Å². The van der Waals surface area contributed by atoms with Crippen LogP contribution < -0.4 is 0 Å². The summed E-state index contributed by atoms with van der Waals surface area (Å²) in [5.74, 6) is 1.44. The molecular weight excluding hydrogens is 330 g/mol. The van der Waals surface area contributed by atoms with Crippen LogP contribution in [0.3, 0.4) is 0 Å². The Morgan fingerprint density at radius 2 is 1.79 bits per heavy atom. The zero-order valence-corrected chi connectivity index (χ0v) is 16.0. The average molecular weight is 359 g/mol. The molecule has 2 atom stereocenters. The van der Waals surface area contributed by atoms with Gasteiger partial charge in [-0.25, -0.2) is 0 Å². The Bertz CT molecular complexity index is 619. The predicted molar refractivity (Wildman–Crippen MR) is 92.9 cm³/mol. The van der Waals surface area contributed by atoms with E-state index in [-0.39, 0.29) is 18.8 Å². The molecule has 0 aromatic carbocycles. The largest absolute Gasteiger partial charge is 0.465 e. The first-order chi connectivity index (χ1) is 11.2. The molecule has 1 saturated heterocycles. The second-order valence-corrected chi connectivity index (χ2v) is 8.66. The van der Waals surface area contributed by atoms with Gasteiger partial charge in [-0.1, -0.05) is 0 Å². The third-order valence-corrected chi connectivity index (χ3v) is 5.88. The van der Waals surface area contributed by atoms with Gasteiger partial charge in [-0.05, 0) is 47.0 Å². The maximum Gasteiger partial charge on any atom is 0.282 e. The highest BCUT2D eigenvalue weighted by molar-refractivity contribution is 7.86. The molecule has 0 spiro atoms. The van der Waals surface area contributed by atoms with Crippen molar-refractivity contribution < 1.29 is 17.6 Å². The van der Waals surface area contributed by atoms with Gasteiger partial charge in [-0.15, -0.1) is 0 Å². The number of hydrogen-bond acceptors (Lipinski definition) is 5. The van der Waals surface area contributed by atoms with E-state index in [9.17, 15) is 8.42 Å². The summed E-state index contributed by atoms with van der Waals surface area (Å²) in [6.07, 6.45) is -0.213. The van der Waals surface area contributed by atoms with Crippen LogP contribution in [-0.4, -0.2) is 74.4 Å². The summed E-state index contributed by atoms with van der Waals surface area (Å²) in [4.78, 5) is 1.97. The maximum absolute atomic E-state index is 13.1. The molecule has 0 aliphatic carbocycles. The standard InChI is InChI=1S/C16H29N3O4S/c1-13-6-7-16(23-13)12-18(9-8-17(4)5)24(20,21)19-10-14(2)22-15(3)11-19/h6-7,14-15H,8-12H2,1-5H3. The normalized spacial score (nSPS) is 23.3. The third-order valence-electron chi connectivity index (χ3n) is 3.96. The molecule has 2 heterocycles. The lowest BCUT2D eigenvalue weighted by Gasteiger charge is -2.37. The van der Waals surface area contributed by atoms with Gasteiger partial charge in [0.15, 0.2) is 0 Å². The molecule has 1 aliphatic heterocycles. The summed E-state index contributed by atoms with van der Waals surface area (Å²) < 4.78 is 40.5. The van der Waals surface area contributed by atoms with Crippen LogP contribution in [0.15, 0.2) is 16.5 Å². The van der Waals surface area contributed by atoms with Crippen LogP contribution in [0.4, 0.5) is 0 Å². The van der Waals surface area contributed by atoms with Gasteiger partial charge in [-0.2, -0.15) is 17.0 Å². The Hall–Kier alpha value is -0.930. The Labute approximate surface area is 145 Å². The van der Waals surface area contributed by atoms with Gasteiger partial charge in [0.25, 0.3) is 10.2 Å². The number of aryl methyl sites for hydroxylation is 1. The molecule has 1 aromatic heterocycles. The van der Waals surface area contributed by atoms with Crippen molar-refractivity contribution in [2.24, 2.45) is 0 Å². The zero-order valence-electron chi connectivity index (χ0n) is 15.2. The smallest absolute Gasteiger partial charge is 0.282 e. The molecule has 2 rings (SSSR count). The number of likely N-dealkylation sites (N-methyl/N-ethyl adjacent to an activating group) is 1. The molecule has 24 heavy (non-hydrogen) atoms. The molecule has 0 bridgehead atoms. The highest BCUT2D eigenvalue weighted by atomic mass is 32.2. The fraction of sp³-hybridized carbons (Fsp3) is 0.750. The number of rotatable bonds is 7. The van der Waals surface area contributed by atoms with Crippen LogP contribution in [0.25, 0.3) is 0 Å². The SMILES string of the molecule is Cc1ccc(CN(CCN(C)C)S(=O)(=O)N2CC(C)OC(C)C2)o1. The van der Waals surface area contributed by atoms with Crippen molar-refractivity contribution in [1.29, 1.82) is 0 Å². The molecule has 0 radical (unpaired) electrons. The lowest BCUT2D eigenvalue weighted by molar-refractivity contribution is -0.0455. The third kappa shape index (κ3) is 5.03. The first kappa shape index (κ1) is 19.4. The Balaban J connectivity index is 2.19. The van der Waals surface area contributed by atoms with Crippen LogP contribution in [-0.2, 0) is 21.5 Å². The maximum atomic E-state index is 13.1. The topological polar surface area (TPSA) is 66.2 Å². The second kappa shape index (κ2) is 7.97. The van der Waals surface area contributed by atoms with Crippen LogP contribution >= 0.6 is 0 Å². The summed E-state index contributed by atoms with van der Waals surface area (Å²) in [6, 6.07) is 3.68. The summed E-state index contributed by atoms with van der Waals surface area (Å²) in [6.45, 7) is 7.71. The number of hydrogen-bond donors (Lipinski definition) is 0. The minimum atomic E-state index is -3.57. The summed E-state index contributed by atoms with van der Waals surface area (Å²) in [5, 5.41) is 0. The first-order valence-electron chi connectivity index (χ1n) is 8.29. The van der Waals surface area contributed by atoms with Crippen molar-refractivity contribution >= 4 is 10.2 Å².